The quantitative estimate of drug-likeness (QED) is 0.631. The van der Waals surface area contributed by atoms with Crippen LogP contribution in [0.2, 0.25) is 0 Å². The van der Waals surface area contributed by atoms with Gasteiger partial charge in [0.2, 0.25) is 0 Å². The molecular weight excluding hydrogens is 400 g/mol. The van der Waals surface area contributed by atoms with Crippen LogP contribution in [-0.2, 0) is 14.3 Å². The summed E-state index contributed by atoms with van der Waals surface area (Å²) in [6.07, 6.45) is 1.74. The number of nitrogens with one attached hydrogen (secondary N) is 1. The summed E-state index contributed by atoms with van der Waals surface area (Å²) < 4.78 is 10.4. The van der Waals surface area contributed by atoms with E-state index in [2.05, 4.69) is 15.2 Å². The van der Waals surface area contributed by atoms with Gasteiger partial charge in [0.05, 0.1) is 12.2 Å². The van der Waals surface area contributed by atoms with Crippen LogP contribution in [0.5, 0.6) is 5.75 Å². The van der Waals surface area contributed by atoms with Crippen LogP contribution in [-0.4, -0.2) is 73.6 Å². The highest BCUT2D eigenvalue weighted by Crippen LogP contribution is 2.17. The fraction of sp³-hybridized carbons (Fsp3) is 0.364. The Hall–Kier alpha value is -3.62. The number of rotatable bonds is 8. The second-order valence-corrected chi connectivity index (χ2v) is 6.83. The molecule has 1 aliphatic rings. The van der Waals surface area contributed by atoms with E-state index in [-0.39, 0.29) is 19.1 Å². The van der Waals surface area contributed by atoms with Gasteiger partial charge in [-0.25, -0.2) is 4.98 Å². The van der Waals surface area contributed by atoms with Crippen molar-refractivity contribution in [2.45, 2.75) is 6.92 Å². The minimum atomic E-state index is -0.678. The Morgan fingerprint density at radius 3 is 2.48 bits per heavy atom. The third-order valence-corrected chi connectivity index (χ3v) is 4.79. The zero-order valence-corrected chi connectivity index (χ0v) is 17.5. The van der Waals surface area contributed by atoms with Crippen molar-refractivity contribution in [2.75, 3.05) is 50.8 Å². The largest absolute Gasteiger partial charge is 0.493 e. The van der Waals surface area contributed by atoms with Gasteiger partial charge < -0.3 is 24.6 Å². The number of benzene rings is 1. The number of para-hydroxylation sites is 1. The van der Waals surface area contributed by atoms with Gasteiger partial charge in [-0.2, -0.15) is 0 Å². The van der Waals surface area contributed by atoms with E-state index in [1.54, 1.807) is 35.4 Å². The number of hydrogen-bond acceptors (Lipinski definition) is 7. The van der Waals surface area contributed by atoms with Crippen molar-refractivity contribution in [3.8, 4) is 5.75 Å². The highest BCUT2D eigenvalue weighted by Gasteiger charge is 2.23. The lowest BCUT2D eigenvalue weighted by Crippen LogP contribution is -2.50. The van der Waals surface area contributed by atoms with Crippen molar-refractivity contribution in [1.82, 2.24) is 15.2 Å². The first-order valence-electron chi connectivity index (χ1n) is 10.2. The molecule has 2 amide bonds. The fourth-order valence-corrected chi connectivity index (χ4v) is 3.19. The van der Waals surface area contributed by atoms with Gasteiger partial charge in [-0.3, -0.25) is 14.4 Å². The number of pyridine rings is 1. The average molecular weight is 426 g/mol. The van der Waals surface area contributed by atoms with Crippen LogP contribution < -0.4 is 15.0 Å². The molecule has 2 aromatic rings. The van der Waals surface area contributed by atoms with Crippen LogP contribution >= 0.6 is 0 Å². The van der Waals surface area contributed by atoms with Crippen molar-refractivity contribution in [3.05, 3.63) is 54.2 Å². The molecule has 1 aromatic carbocycles. The van der Waals surface area contributed by atoms with E-state index in [0.717, 1.165) is 5.82 Å². The molecule has 0 aliphatic carbocycles. The molecular formula is C22H26N4O5. The minimum absolute atomic E-state index is 0.262. The summed E-state index contributed by atoms with van der Waals surface area (Å²) in [7, 11) is 0. The Morgan fingerprint density at radius 2 is 1.77 bits per heavy atom. The van der Waals surface area contributed by atoms with E-state index in [1.165, 1.54) is 0 Å². The Balaban J connectivity index is 1.39. The van der Waals surface area contributed by atoms with Gasteiger partial charge in [-0.15, -0.1) is 0 Å². The number of piperazine rings is 1. The molecule has 3 rings (SSSR count). The molecule has 0 bridgehead atoms. The predicted octanol–water partition coefficient (Wildman–Crippen LogP) is 1.10. The maximum absolute atomic E-state index is 12.3. The average Bonchev–Trinajstić information content (AvgIpc) is 2.82. The van der Waals surface area contributed by atoms with Crippen LogP contribution in [0.4, 0.5) is 5.82 Å². The van der Waals surface area contributed by atoms with Crippen LogP contribution in [0.3, 0.4) is 0 Å². The monoisotopic (exact) mass is 426 g/mol. The Morgan fingerprint density at radius 1 is 1.03 bits per heavy atom. The number of aromatic nitrogens is 1. The maximum Gasteiger partial charge on any atom is 0.325 e. The van der Waals surface area contributed by atoms with Crippen molar-refractivity contribution in [1.29, 1.82) is 0 Å². The van der Waals surface area contributed by atoms with E-state index >= 15 is 0 Å². The second kappa shape index (κ2) is 11.0. The summed E-state index contributed by atoms with van der Waals surface area (Å²) in [5, 5.41) is 2.49. The zero-order valence-electron chi connectivity index (χ0n) is 17.5. The number of nitrogens with zero attached hydrogens (tertiary/aromatic N) is 3. The number of anilines is 1. The van der Waals surface area contributed by atoms with Crippen LogP contribution in [0, 0.1) is 0 Å². The molecule has 164 valence electrons. The fourth-order valence-electron chi connectivity index (χ4n) is 3.19. The minimum Gasteiger partial charge on any atom is -0.493 e. The van der Waals surface area contributed by atoms with E-state index in [9.17, 15) is 14.4 Å². The highest BCUT2D eigenvalue weighted by molar-refractivity contribution is 5.98. The van der Waals surface area contributed by atoms with Gasteiger partial charge in [0.25, 0.3) is 11.8 Å². The Kier molecular flexibility index (Phi) is 7.80. The first-order valence-corrected chi connectivity index (χ1v) is 10.2. The summed E-state index contributed by atoms with van der Waals surface area (Å²) in [6.45, 7) is 3.92. The highest BCUT2D eigenvalue weighted by atomic mass is 16.5. The number of carbonyl (C=O) groups excluding carboxylic acids is 3. The lowest BCUT2D eigenvalue weighted by atomic mass is 10.2. The SMILES string of the molecule is CCOc1ccccc1C(=O)NCC(=O)OCC(=O)N1CCN(c2ccccn2)CC1. The molecule has 31 heavy (non-hydrogen) atoms. The predicted molar refractivity (Wildman–Crippen MR) is 114 cm³/mol. The molecule has 0 saturated carbocycles. The van der Waals surface area contributed by atoms with Gasteiger partial charge in [-0.1, -0.05) is 18.2 Å². The molecule has 1 aromatic heterocycles. The molecule has 1 saturated heterocycles. The van der Waals surface area contributed by atoms with Crippen LogP contribution in [0.25, 0.3) is 0 Å². The summed E-state index contributed by atoms with van der Waals surface area (Å²) in [5.41, 5.74) is 0.332. The molecule has 0 atom stereocenters. The van der Waals surface area contributed by atoms with Crippen LogP contribution in [0.15, 0.2) is 48.7 Å². The molecule has 0 spiro atoms. The van der Waals surface area contributed by atoms with Gasteiger partial charge in [-0.05, 0) is 31.2 Å². The van der Waals surface area contributed by atoms with E-state index in [1.807, 2.05) is 25.1 Å². The maximum atomic E-state index is 12.3. The Bertz CT molecular complexity index is 898. The van der Waals surface area contributed by atoms with Crippen molar-refractivity contribution < 1.29 is 23.9 Å². The second-order valence-electron chi connectivity index (χ2n) is 6.83. The molecule has 9 nitrogen and oxygen atoms in total. The summed E-state index contributed by atoms with van der Waals surface area (Å²) >= 11 is 0. The number of hydrogen-bond donors (Lipinski definition) is 1. The summed E-state index contributed by atoms with van der Waals surface area (Å²) in [4.78, 5) is 44.7. The van der Waals surface area contributed by atoms with Gasteiger partial charge in [0.1, 0.15) is 18.1 Å². The first-order chi connectivity index (χ1) is 15.1. The first kappa shape index (κ1) is 22.1. The normalized spacial score (nSPS) is 13.5. The standard InChI is InChI=1S/C22H26N4O5/c1-2-30-18-8-4-3-7-17(18)22(29)24-15-21(28)31-16-20(27)26-13-11-25(12-14-26)19-9-5-6-10-23-19/h3-10H,2,11-16H2,1H3,(H,24,29). The van der Waals surface area contributed by atoms with Gasteiger partial charge in [0.15, 0.2) is 6.61 Å². The third kappa shape index (κ3) is 6.18. The molecule has 9 heteroatoms. The summed E-state index contributed by atoms with van der Waals surface area (Å²) in [5.74, 6) is -0.0683. The van der Waals surface area contributed by atoms with Crippen molar-refractivity contribution >= 4 is 23.6 Å². The van der Waals surface area contributed by atoms with Gasteiger partial charge in [0, 0.05) is 32.4 Å². The van der Waals surface area contributed by atoms with Crippen molar-refractivity contribution in [3.63, 3.8) is 0 Å². The van der Waals surface area contributed by atoms with E-state index < -0.39 is 11.9 Å². The van der Waals surface area contributed by atoms with E-state index in [0.29, 0.717) is 44.1 Å². The van der Waals surface area contributed by atoms with Gasteiger partial charge >= 0.3 is 5.97 Å². The molecule has 1 aliphatic heterocycles. The third-order valence-electron chi connectivity index (χ3n) is 4.79. The smallest absolute Gasteiger partial charge is 0.325 e. The summed E-state index contributed by atoms with van der Waals surface area (Å²) in [6, 6.07) is 12.5. The molecule has 1 fully saturated rings. The molecule has 0 radical (unpaired) electrons. The van der Waals surface area contributed by atoms with Crippen LogP contribution in [0.1, 0.15) is 17.3 Å². The molecule has 1 N–H and O–H groups in total. The number of esters is 1. The topological polar surface area (TPSA) is 101 Å². The molecule has 2 heterocycles. The number of carbonyl (C=O) groups is 3. The number of amides is 2. The lowest BCUT2D eigenvalue weighted by Gasteiger charge is -2.35. The van der Waals surface area contributed by atoms with Crippen molar-refractivity contribution in [2.24, 2.45) is 0 Å². The zero-order chi connectivity index (χ0) is 22.1. The Labute approximate surface area is 180 Å². The lowest BCUT2D eigenvalue weighted by molar-refractivity contribution is -0.151. The van der Waals surface area contributed by atoms with E-state index in [4.69, 9.17) is 9.47 Å². The number of ether oxygens (including phenoxy) is 2. The molecule has 0 unspecified atom stereocenters.